The van der Waals surface area contributed by atoms with Crippen LogP contribution in [0.15, 0.2) is 77.7 Å². The number of aryl methyl sites for hydroxylation is 2. The van der Waals surface area contributed by atoms with Crippen molar-refractivity contribution in [2.45, 2.75) is 37.1 Å². The number of halogens is 1. The third-order valence-corrected chi connectivity index (χ3v) is 7.76. The molecule has 5 nitrogen and oxygen atoms in total. The van der Waals surface area contributed by atoms with Crippen LogP contribution in [0.4, 0.5) is 5.69 Å². The Morgan fingerprint density at radius 3 is 2.44 bits per heavy atom. The summed E-state index contributed by atoms with van der Waals surface area (Å²) < 4.78 is 28.1. The minimum atomic E-state index is -3.95. The second kappa shape index (κ2) is 9.35. The van der Waals surface area contributed by atoms with Gasteiger partial charge in [0.25, 0.3) is 10.0 Å². The van der Waals surface area contributed by atoms with E-state index in [1.54, 1.807) is 48.5 Å². The highest BCUT2D eigenvalue weighted by Gasteiger charge is 2.29. The van der Waals surface area contributed by atoms with Crippen molar-refractivity contribution in [2.24, 2.45) is 0 Å². The van der Waals surface area contributed by atoms with Gasteiger partial charge in [-0.3, -0.25) is 9.10 Å². The topological polar surface area (TPSA) is 66.5 Å². The highest BCUT2D eigenvalue weighted by Crippen LogP contribution is 2.30. The molecule has 3 aromatic rings. The molecule has 0 aliphatic heterocycles. The molecule has 0 saturated heterocycles. The lowest BCUT2D eigenvalue weighted by Gasteiger charge is -2.28. The monoisotopic (exact) mass is 468 g/mol. The van der Waals surface area contributed by atoms with E-state index in [9.17, 15) is 13.2 Å². The van der Waals surface area contributed by atoms with E-state index >= 15 is 0 Å². The maximum atomic E-state index is 13.5. The number of fused-ring (bicyclic) bond motifs is 1. The normalized spacial score (nSPS) is 15.6. The fourth-order valence-corrected chi connectivity index (χ4v) is 5.58. The zero-order valence-corrected chi connectivity index (χ0v) is 19.4. The lowest BCUT2D eigenvalue weighted by molar-refractivity contribution is -0.120. The number of anilines is 1. The van der Waals surface area contributed by atoms with E-state index in [1.807, 2.05) is 25.1 Å². The summed E-state index contributed by atoms with van der Waals surface area (Å²) in [6.45, 7) is 1.57. The van der Waals surface area contributed by atoms with Gasteiger partial charge in [-0.1, -0.05) is 53.6 Å². The molecule has 32 heavy (non-hydrogen) atoms. The van der Waals surface area contributed by atoms with Crippen molar-refractivity contribution in [3.05, 3.63) is 94.5 Å². The number of hydrogen-bond acceptors (Lipinski definition) is 3. The highest BCUT2D eigenvalue weighted by molar-refractivity contribution is 7.92. The SMILES string of the molecule is Cc1ccc(S(=O)(=O)N(CC(=O)NC2CCCc3ccccc32)c2ccc(Cl)cc2)cc1. The minimum absolute atomic E-state index is 0.124. The first-order chi connectivity index (χ1) is 15.3. The number of hydrogen-bond donors (Lipinski definition) is 1. The number of benzene rings is 3. The summed E-state index contributed by atoms with van der Waals surface area (Å²) in [5.74, 6) is -0.350. The summed E-state index contributed by atoms with van der Waals surface area (Å²) >= 11 is 6.00. The third kappa shape index (κ3) is 4.81. The molecule has 7 heteroatoms. The summed E-state index contributed by atoms with van der Waals surface area (Å²) in [6, 6.07) is 21.0. The number of carbonyl (C=O) groups is 1. The Morgan fingerprint density at radius 2 is 1.72 bits per heavy atom. The predicted octanol–water partition coefficient (Wildman–Crippen LogP) is 5.04. The van der Waals surface area contributed by atoms with Crippen molar-refractivity contribution in [2.75, 3.05) is 10.8 Å². The van der Waals surface area contributed by atoms with Crippen LogP contribution in [0.3, 0.4) is 0 Å². The van der Waals surface area contributed by atoms with Crippen LogP contribution in [0.5, 0.6) is 0 Å². The first-order valence-electron chi connectivity index (χ1n) is 10.6. The maximum absolute atomic E-state index is 13.5. The molecule has 0 heterocycles. The Bertz CT molecular complexity index is 1210. The summed E-state index contributed by atoms with van der Waals surface area (Å²) in [4.78, 5) is 13.2. The van der Waals surface area contributed by atoms with Crippen LogP contribution in [-0.2, 0) is 21.2 Å². The van der Waals surface area contributed by atoms with Gasteiger partial charge in [-0.25, -0.2) is 8.42 Å². The molecule has 166 valence electrons. The van der Waals surface area contributed by atoms with Crippen molar-refractivity contribution >= 4 is 33.2 Å². The van der Waals surface area contributed by atoms with E-state index in [0.717, 1.165) is 34.7 Å². The molecule has 1 amide bonds. The maximum Gasteiger partial charge on any atom is 0.264 e. The van der Waals surface area contributed by atoms with E-state index < -0.39 is 10.0 Å². The zero-order valence-electron chi connectivity index (χ0n) is 17.8. The van der Waals surface area contributed by atoms with Gasteiger partial charge in [0.05, 0.1) is 16.6 Å². The predicted molar refractivity (Wildman–Crippen MR) is 127 cm³/mol. The van der Waals surface area contributed by atoms with E-state index in [2.05, 4.69) is 11.4 Å². The van der Waals surface area contributed by atoms with Crippen molar-refractivity contribution in [3.63, 3.8) is 0 Å². The van der Waals surface area contributed by atoms with Crippen LogP contribution in [0.25, 0.3) is 0 Å². The molecule has 3 aromatic carbocycles. The second-order valence-electron chi connectivity index (χ2n) is 8.01. The van der Waals surface area contributed by atoms with Gasteiger partial charge in [-0.05, 0) is 73.7 Å². The van der Waals surface area contributed by atoms with E-state index in [-0.39, 0.29) is 23.4 Å². The lowest BCUT2D eigenvalue weighted by Crippen LogP contribution is -2.42. The molecule has 0 radical (unpaired) electrons. The Morgan fingerprint density at radius 1 is 1.03 bits per heavy atom. The molecule has 0 spiro atoms. The number of sulfonamides is 1. The molecule has 1 unspecified atom stereocenters. The average molecular weight is 469 g/mol. The molecule has 0 aromatic heterocycles. The van der Waals surface area contributed by atoms with Crippen molar-refractivity contribution in [1.82, 2.24) is 5.32 Å². The van der Waals surface area contributed by atoms with Gasteiger partial charge in [0.15, 0.2) is 0 Å². The second-order valence-corrected chi connectivity index (χ2v) is 10.3. The van der Waals surface area contributed by atoms with Crippen LogP contribution in [0.2, 0.25) is 5.02 Å². The van der Waals surface area contributed by atoms with E-state index in [1.165, 1.54) is 5.56 Å². The van der Waals surface area contributed by atoms with Gasteiger partial charge in [0.2, 0.25) is 5.91 Å². The third-order valence-electron chi connectivity index (χ3n) is 5.72. The molecular weight excluding hydrogens is 444 g/mol. The van der Waals surface area contributed by atoms with Gasteiger partial charge in [-0.2, -0.15) is 0 Å². The summed E-state index contributed by atoms with van der Waals surface area (Å²) in [5.41, 5.74) is 3.67. The van der Waals surface area contributed by atoms with Gasteiger partial charge < -0.3 is 5.32 Å². The van der Waals surface area contributed by atoms with Crippen molar-refractivity contribution in [3.8, 4) is 0 Å². The number of carbonyl (C=O) groups excluding carboxylic acids is 1. The Hall–Kier alpha value is -2.83. The minimum Gasteiger partial charge on any atom is -0.348 e. The molecule has 4 rings (SSSR count). The van der Waals surface area contributed by atoms with Crippen LogP contribution >= 0.6 is 11.6 Å². The lowest BCUT2D eigenvalue weighted by atomic mass is 9.88. The largest absolute Gasteiger partial charge is 0.348 e. The molecule has 0 saturated carbocycles. The quantitative estimate of drug-likeness (QED) is 0.551. The van der Waals surface area contributed by atoms with Gasteiger partial charge in [-0.15, -0.1) is 0 Å². The fourth-order valence-electron chi connectivity index (χ4n) is 4.03. The molecule has 0 bridgehead atoms. The van der Waals surface area contributed by atoms with Gasteiger partial charge >= 0.3 is 0 Å². The van der Waals surface area contributed by atoms with Gasteiger partial charge in [0, 0.05) is 5.02 Å². The standard InChI is InChI=1S/C25H25ClN2O3S/c1-18-9-15-22(16-10-18)32(30,31)28(21-13-11-20(26)12-14-21)17-25(29)27-24-8-4-6-19-5-2-3-7-23(19)24/h2-3,5,7,9-16,24H,4,6,8,17H2,1H3,(H,27,29). The Balaban J connectivity index is 1.62. The Labute approximate surface area is 194 Å². The zero-order chi connectivity index (χ0) is 22.7. The number of rotatable bonds is 6. The summed E-state index contributed by atoms with van der Waals surface area (Å²) in [5, 5.41) is 3.54. The molecular formula is C25H25ClN2O3S. The van der Waals surface area contributed by atoms with Crippen LogP contribution in [0, 0.1) is 6.92 Å². The molecule has 1 aliphatic carbocycles. The summed E-state index contributed by atoms with van der Waals surface area (Å²) in [6.07, 6.45) is 2.79. The fraction of sp³-hybridized carbons (Fsp3) is 0.240. The highest BCUT2D eigenvalue weighted by atomic mass is 35.5. The van der Waals surface area contributed by atoms with E-state index in [0.29, 0.717) is 10.7 Å². The smallest absolute Gasteiger partial charge is 0.264 e. The number of nitrogens with one attached hydrogen (secondary N) is 1. The number of nitrogens with zero attached hydrogens (tertiary/aromatic N) is 1. The molecule has 1 atom stereocenters. The average Bonchev–Trinajstić information content (AvgIpc) is 2.79. The van der Waals surface area contributed by atoms with Crippen LogP contribution in [-0.4, -0.2) is 20.9 Å². The molecule has 1 N–H and O–H groups in total. The number of amides is 1. The first kappa shape index (κ1) is 22.4. The first-order valence-corrected chi connectivity index (χ1v) is 12.4. The van der Waals surface area contributed by atoms with Crippen molar-refractivity contribution in [1.29, 1.82) is 0 Å². The summed E-state index contributed by atoms with van der Waals surface area (Å²) in [7, 11) is -3.95. The van der Waals surface area contributed by atoms with Crippen LogP contribution in [0.1, 0.15) is 35.6 Å². The van der Waals surface area contributed by atoms with Gasteiger partial charge in [0.1, 0.15) is 6.54 Å². The molecule has 1 aliphatic rings. The van der Waals surface area contributed by atoms with Crippen LogP contribution < -0.4 is 9.62 Å². The molecule has 0 fully saturated rings. The Kier molecular flexibility index (Phi) is 6.53. The van der Waals surface area contributed by atoms with E-state index in [4.69, 9.17) is 11.6 Å². The van der Waals surface area contributed by atoms with Crippen molar-refractivity contribution < 1.29 is 13.2 Å².